The van der Waals surface area contributed by atoms with Gasteiger partial charge in [0.1, 0.15) is 5.76 Å². The van der Waals surface area contributed by atoms with E-state index in [1.807, 2.05) is 30.5 Å². The van der Waals surface area contributed by atoms with Gasteiger partial charge in [-0.3, -0.25) is 4.79 Å². The lowest BCUT2D eigenvalue weighted by Gasteiger charge is -2.06. The molecule has 1 aromatic carbocycles. The predicted octanol–water partition coefficient (Wildman–Crippen LogP) is 2.18. The van der Waals surface area contributed by atoms with E-state index < -0.39 is 0 Å². The van der Waals surface area contributed by atoms with E-state index in [9.17, 15) is 4.79 Å². The molecule has 0 aliphatic heterocycles. The first-order valence-electron chi connectivity index (χ1n) is 6.46. The van der Waals surface area contributed by atoms with Crippen LogP contribution >= 0.6 is 0 Å². The van der Waals surface area contributed by atoms with Gasteiger partial charge in [0, 0.05) is 18.1 Å². The standard InChI is InChI=1S/C15H14N4O2/c16-10-13-5-6-14(21-13)15(20)18-11-3-1-4-12(9-11)19-8-2-7-17-19/h1-9H,10,16H2,(H,18,20). The lowest BCUT2D eigenvalue weighted by molar-refractivity contribution is 0.0995. The molecule has 0 bridgehead atoms. The van der Waals surface area contributed by atoms with Crippen molar-refractivity contribution in [1.82, 2.24) is 9.78 Å². The van der Waals surface area contributed by atoms with Crippen LogP contribution in [0.5, 0.6) is 0 Å². The first-order valence-corrected chi connectivity index (χ1v) is 6.46. The minimum absolute atomic E-state index is 0.236. The van der Waals surface area contributed by atoms with Crippen molar-refractivity contribution in [3.05, 3.63) is 66.4 Å². The minimum Gasteiger partial charge on any atom is -0.455 e. The quantitative estimate of drug-likeness (QED) is 0.768. The van der Waals surface area contributed by atoms with E-state index in [1.165, 1.54) is 0 Å². The number of nitrogens with two attached hydrogens (primary N) is 1. The Morgan fingerprint density at radius 1 is 1.29 bits per heavy atom. The lowest BCUT2D eigenvalue weighted by Crippen LogP contribution is -2.11. The van der Waals surface area contributed by atoms with Gasteiger partial charge in [-0.15, -0.1) is 0 Å². The van der Waals surface area contributed by atoms with Gasteiger partial charge in [-0.2, -0.15) is 5.10 Å². The molecular formula is C15H14N4O2. The zero-order valence-electron chi connectivity index (χ0n) is 11.2. The van der Waals surface area contributed by atoms with Crippen molar-refractivity contribution in [2.24, 2.45) is 5.73 Å². The van der Waals surface area contributed by atoms with E-state index in [-0.39, 0.29) is 18.2 Å². The van der Waals surface area contributed by atoms with Crippen molar-refractivity contribution < 1.29 is 9.21 Å². The molecule has 21 heavy (non-hydrogen) atoms. The Morgan fingerprint density at radius 3 is 2.90 bits per heavy atom. The summed E-state index contributed by atoms with van der Waals surface area (Å²) >= 11 is 0. The Kier molecular flexibility index (Phi) is 3.53. The summed E-state index contributed by atoms with van der Waals surface area (Å²) in [5, 5.41) is 6.93. The van der Waals surface area contributed by atoms with E-state index in [2.05, 4.69) is 10.4 Å². The number of anilines is 1. The van der Waals surface area contributed by atoms with Crippen LogP contribution in [0.3, 0.4) is 0 Å². The van der Waals surface area contributed by atoms with Gasteiger partial charge < -0.3 is 15.5 Å². The molecule has 0 unspecified atom stereocenters. The van der Waals surface area contributed by atoms with Gasteiger partial charge in [-0.1, -0.05) is 6.07 Å². The van der Waals surface area contributed by atoms with Crippen molar-refractivity contribution in [1.29, 1.82) is 0 Å². The average molecular weight is 282 g/mol. The van der Waals surface area contributed by atoms with E-state index in [0.29, 0.717) is 11.4 Å². The number of carbonyl (C=O) groups is 1. The number of nitrogens with one attached hydrogen (secondary N) is 1. The first kappa shape index (κ1) is 13.1. The third-order valence-electron chi connectivity index (χ3n) is 2.96. The zero-order chi connectivity index (χ0) is 14.7. The second-order valence-corrected chi connectivity index (χ2v) is 4.43. The van der Waals surface area contributed by atoms with Gasteiger partial charge >= 0.3 is 0 Å². The minimum atomic E-state index is -0.313. The molecule has 106 valence electrons. The molecule has 0 saturated carbocycles. The number of furan rings is 1. The molecule has 0 aliphatic rings. The maximum atomic E-state index is 12.1. The van der Waals surface area contributed by atoms with Crippen LogP contribution in [0.1, 0.15) is 16.3 Å². The highest BCUT2D eigenvalue weighted by Gasteiger charge is 2.11. The molecule has 0 spiro atoms. The molecule has 2 heterocycles. The second kappa shape index (κ2) is 5.64. The first-order chi connectivity index (χ1) is 10.3. The van der Waals surface area contributed by atoms with Gasteiger partial charge in [0.15, 0.2) is 5.76 Å². The summed E-state index contributed by atoms with van der Waals surface area (Å²) in [6.07, 6.45) is 3.53. The molecule has 3 N–H and O–H groups in total. The molecule has 6 nitrogen and oxygen atoms in total. The number of hydrogen-bond acceptors (Lipinski definition) is 4. The van der Waals surface area contributed by atoms with E-state index in [1.54, 1.807) is 29.1 Å². The summed E-state index contributed by atoms with van der Waals surface area (Å²) in [6.45, 7) is 0.266. The van der Waals surface area contributed by atoms with Gasteiger partial charge in [0.25, 0.3) is 5.91 Å². The Labute approximate surface area is 121 Å². The molecule has 1 amide bonds. The van der Waals surface area contributed by atoms with Gasteiger partial charge in [0.05, 0.1) is 12.2 Å². The number of rotatable bonds is 4. The van der Waals surface area contributed by atoms with Crippen LogP contribution < -0.4 is 11.1 Å². The van der Waals surface area contributed by atoms with Crippen molar-refractivity contribution in [3.8, 4) is 5.69 Å². The molecule has 6 heteroatoms. The molecule has 0 fully saturated rings. The summed E-state index contributed by atoms with van der Waals surface area (Å²) in [5.74, 6) is 0.498. The second-order valence-electron chi connectivity index (χ2n) is 4.43. The molecule has 2 aromatic heterocycles. The molecular weight excluding hydrogens is 268 g/mol. The highest BCUT2D eigenvalue weighted by Crippen LogP contribution is 2.16. The SMILES string of the molecule is NCc1ccc(C(=O)Nc2cccc(-n3cccn3)c2)o1. The third kappa shape index (κ3) is 2.85. The number of nitrogens with zero attached hydrogens (tertiary/aromatic N) is 2. The summed E-state index contributed by atoms with van der Waals surface area (Å²) in [6, 6.07) is 12.5. The normalized spacial score (nSPS) is 10.5. The Hall–Kier alpha value is -2.86. The fraction of sp³-hybridized carbons (Fsp3) is 0.0667. The van der Waals surface area contributed by atoms with Crippen LogP contribution in [0.2, 0.25) is 0 Å². The molecule has 3 aromatic rings. The van der Waals surface area contributed by atoms with Gasteiger partial charge in [-0.25, -0.2) is 4.68 Å². The monoisotopic (exact) mass is 282 g/mol. The van der Waals surface area contributed by atoms with Crippen LogP contribution in [-0.4, -0.2) is 15.7 Å². The highest BCUT2D eigenvalue weighted by molar-refractivity contribution is 6.02. The van der Waals surface area contributed by atoms with Crippen LogP contribution in [0.25, 0.3) is 5.69 Å². The average Bonchev–Trinajstić information content (AvgIpc) is 3.19. The number of aromatic nitrogens is 2. The van der Waals surface area contributed by atoms with Crippen LogP contribution in [0.15, 0.2) is 59.3 Å². The predicted molar refractivity (Wildman–Crippen MR) is 78.1 cm³/mol. The largest absolute Gasteiger partial charge is 0.455 e. The van der Waals surface area contributed by atoms with Crippen LogP contribution in [-0.2, 0) is 6.54 Å². The molecule has 3 rings (SSSR count). The van der Waals surface area contributed by atoms with Crippen LogP contribution in [0, 0.1) is 0 Å². The third-order valence-corrected chi connectivity index (χ3v) is 2.96. The molecule has 0 aliphatic carbocycles. The molecule has 0 atom stereocenters. The van der Waals surface area contributed by atoms with Crippen molar-refractivity contribution >= 4 is 11.6 Å². The maximum absolute atomic E-state index is 12.1. The number of hydrogen-bond donors (Lipinski definition) is 2. The fourth-order valence-corrected chi connectivity index (χ4v) is 1.95. The summed E-state index contributed by atoms with van der Waals surface area (Å²) in [7, 11) is 0. The molecule has 0 saturated heterocycles. The smallest absolute Gasteiger partial charge is 0.291 e. The lowest BCUT2D eigenvalue weighted by atomic mass is 10.2. The fourth-order valence-electron chi connectivity index (χ4n) is 1.95. The highest BCUT2D eigenvalue weighted by atomic mass is 16.4. The van der Waals surface area contributed by atoms with E-state index in [4.69, 9.17) is 10.2 Å². The van der Waals surface area contributed by atoms with Gasteiger partial charge in [0.2, 0.25) is 0 Å². The Bertz CT molecular complexity index is 747. The van der Waals surface area contributed by atoms with E-state index >= 15 is 0 Å². The zero-order valence-corrected chi connectivity index (χ0v) is 11.2. The summed E-state index contributed by atoms with van der Waals surface area (Å²) < 4.78 is 7.03. The van der Waals surface area contributed by atoms with E-state index in [0.717, 1.165) is 5.69 Å². The topological polar surface area (TPSA) is 86.1 Å². The summed E-state index contributed by atoms with van der Waals surface area (Å²) in [4.78, 5) is 12.1. The molecule has 0 radical (unpaired) electrons. The van der Waals surface area contributed by atoms with Crippen molar-refractivity contribution in [2.75, 3.05) is 5.32 Å². The van der Waals surface area contributed by atoms with Crippen molar-refractivity contribution in [3.63, 3.8) is 0 Å². The number of amides is 1. The number of benzene rings is 1. The Morgan fingerprint density at radius 2 is 2.19 bits per heavy atom. The van der Waals surface area contributed by atoms with Crippen LogP contribution in [0.4, 0.5) is 5.69 Å². The van der Waals surface area contributed by atoms with Gasteiger partial charge in [-0.05, 0) is 36.4 Å². The maximum Gasteiger partial charge on any atom is 0.291 e. The summed E-state index contributed by atoms with van der Waals surface area (Å²) in [5.41, 5.74) is 6.98. The van der Waals surface area contributed by atoms with Crippen molar-refractivity contribution in [2.45, 2.75) is 6.54 Å². The Balaban J connectivity index is 1.78. The number of carbonyl (C=O) groups excluding carboxylic acids is 1.